The summed E-state index contributed by atoms with van der Waals surface area (Å²) < 4.78 is 5.01. The molecule has 0 radical (unpaired) electrons. The maximum Gasteiger partial charge on any atom is 0.0974 e. The predicted octanol–water partition coefficient (Wildman–Crippen LogP) is -0.122. The first-order chi connectivity index (χ1) is 3.83. The van der Waals surface area contributed by atoms with Crippen molar-refractivity contribution < 1.29 is 9.57 Å². The molecule has 48 valence electrons. The zero-order chi connectivity index (χ0) is 5.98. The van der Waals surface area contributed by atoms with E-state index in [4.69, 9.17) is 9.57 Å². The zero-order valence-corrected chi connectivity index (χ0v) is 5.26. The summed E-state index contributed by atoms with van der Waals surface area (Å²) in [5, 5.41) is 1.79. The van der Waals surface area contributed by atoms with Crippen LogP contribution in [0, 0.1) is 0 Å². The highest BCUT2D eigenvalue weighted by Crippen LogP contribution is 2.03. The first kappa shape index (κ1) is 6.01. The number of hydrogen-bond acceptors (Lipinski definition) is 3. The van der Waals surface area contributed by atoms with E-state index in [1.807, 2.05) is 7.05 Å². The summed E-state index contributed by atoms with van der Waals surface area (Å²) in [5.74, 6) is 0. The molecule has 1 atom stereocenters. The van der Waals surface area contributed by atoms with Gasteiger partial charge in [0.05, 0.1) is 19.3 Å². The van der Waals surface area contributed by atoms with Gasteiger partial charge >= 0.3 is 0 Å². The minimum Gasteiger partial charge on any atom is -0.378 e. The fraction of sp³-hybridized carbons (Fsp3) is 1.00. The van der Waals surface area contributed by atoms with Crippen LogP contribution >= 0.6 is 0 Å². The standard InChI is InChI=1S/C5H11NO2/c1-6-3-5(7-2)4-8-6/h5H,3-4H2,1-2H3/t5-/m1/s1. The first-order valence-electron chi connectivity index (χ1n) is 2.70. The van der Waals surface area contributed by atoms with Crippen molar-refractivity contribution in [2.24, 2.45) is 0 Å². The maximum absolute atomic E-state index is 5.06. The van der Waals surface area contributed by atoms with Crippen LogP contribution in [-0.2, 0) is 9.57 Å². The number of hydroxylamine groups is 2. The van der Waals surface area contributed by atoms with Gasteiger partial charge in [0.2, 0.25) is 0 Å². The van der Waals surface area contributed by atoms with Gasteiger partial charge in [0, 0.05) is 14.2 Å². The third-order valence-electron chi connectivity index (χ3n) is 1.27. The van der Waals surface area contributed by atoms with E-state index < -0.39 is 0 Å². The molecule has 1 rings (SSSR count). The monoisotopic (exact) mass is 117 g/mol. The van der Waals surface area contributed by atoms with Crippen molar-refractivity contribution in [2.45, 2.75) is 6.10 Å². The molecule has 1 aliphatic rings. The van der Waals surface area contributed by atoms with Crippen LogP contribution in [0.1, 0.15) is 0 Å². The van der Waals surface area contributed by atoms with Crippen molar-refractivity contribution >= 4 is 0 Å². The average molecular weight is 117 g/mol. The number of rotatable bonds is 1. The topological polar surface area (TPSA) is 21.7 Å². The molecule has 3 nitrogen and oxygen atoms in total. The number of hydrogen-bond donors (Lipinski definition) is 0. The van der Waals surface area contributed by atoms with E-state index in [1.54, 1.807) is 12.2 Å². The third kappa shape index (κ3) is 1.18. The van der Waals surface area contributed by atoms with E-state index in [-0.39, 0.29) is 6.10 Å². The molecule has 3 heteroatoms. The largest absolute Gasteiger partial charge is 0.378 e. The number of methoxy groups -OCH3 is 1. The highest BCUT2D eigenvalue weighted by atomic mass is 16.7. The Kier molecular flexibility index (Phi) is 1.83. The highest BCUT2D eigenvalue weighted by molar-refractivity contribution is 4.62. The predicted molar refractivity (Wildman–Crippen MR) is 29.4 cm³/mol. The van der Waals surface area contributed by atoms with Gasteiger partial charge < -0.3 is 4.74 Å². The van der Waals surface area contributed by atoms with E-state index in [2.05, 4.69) is 0 Å². The van der Waals surface area contributed by atoms with Gasteiger partial charge in [0.15, 0.2) is 0 Å². The zero-order valence-electron chi connectivity index (χ0n) is 5.26. The van der Waals surface area contributed by atoms with Crippen molar-refractivity contribution in [3.63, 3.8) is 0 Å². The molecule has 1 fully saturated rings. The lowest BCUT2D eigenvalue weighted by Crippen LogP contribution is -2.17. The number of ether oxygens (including phenoxy) is 1. The summed E-state index contributed by atoms with van der Waals surface area (Å²) in [6.45, 7) is 1.59. The van der Waals surface area contributed by atoms with Gasteiger partial charge in [0.25, 0.3) is 0 Å². The van der Waals surface area contributed by atoms with E-state index in [0.29, 0.717) is 6.61 Å². The molecule has 0 aromatic rings. The molecule has 0 amide bonds. The molecule has 0 aromatic heterocycles. The number of nitrogens with zero attached hydrogens (tertiary/aromatic N) is 1. The van der Waals surface area contributed by atoms with E-state index >= 15 is 0 Å². The van der Waals surface area contributed by atoms with Crippen molar-refractivity contribution in [3.8, 4) is 0 Å². The Morgan fingerprint density at radius 1 is 1.75 bits per heavy atom. The Morgan fingerprint density at radius 3 is 2.75 bits per heavy atom. The fourth-order valence-corrected chi connectivity index (χ4v) is 0.745. The van der Waals surface area contributed by atoms with Crippen molar-refractivity contribution in [1.29, 1.82) is 0 Å². The van der Waals surface area contributed by atoms with E-state index in [1.165, 1.54) is 0 Å². The summed E-state index contributed by atoms with van der Waals surface area (Å²) in [5.41, 5.74) is 0. The fourth-order valence-electron chi connectivity index (χ4n) is 0.745. The molecule has 0 spiro atoms. The maximum atomic E-state index is 5.06. The summed E-state index contributed by atoms with van der Waals surface area (Å²) >= 11 is 0. The Bertz CT molecular complexity index is 76.8. The second-order valence-electron chi connectivity index (χ2n) is 1.96. The van der Waals surface area contributed by atoms with Crippen molar-refractivity contribution in [3.05, 3.63) is 0 Å². The number of likely N-dealkylation sites (N-methyl/N-ethyl adjacent to an activating group) is 1. The second-order valence-corrected chi connectivity index (χ2v) is 1.96. The molecule has 0 N–H and O–H groups in total. The Labute approximate surface area is 49.1 Å². The summed E-state index contributed by atoms with van der Waals surface area (Å²) in [4.78, 5) is 5.06. The molecule has 1 saturated heterocycles. The van der Waals surface area contributed by atoms with Gasteiger partial charge in [-0.25, -0.2) is 0 Å². The first-order valence-corrected chi connectivity index (χ1v) is 2.70. The lowest BCUT2D eigenvalue weighted by atomic mass is 10.4. The molecule has 0 aromatic carbocycles. The van der Waals surface area contributed by atoms with Crippen LogP contribution in [0.5, 0.6) is 0 Å². The van der Waals surface area contributed by atoms with Crippen LogP contribution in [0.15, 0.2) is 0 Å². The molecule has 1 aliphatic heterocycles. The minimum absolute atomic E-state index is 0.278. The summed E-state index contributed by atoms with van der Waals surface area (Å²) in [7, 11) is 3.60. The molecule has 8 heavy (non-hydrogen) atoms. The van der Waals surface area contributed by atoms with E-state index in [0.717, 1.165) is 6.54 Å². The van der Waals surface area contributed by atoms with Crippen molar-refractivity contribution in [1.82, 2.24) is 5.06 Å². The van der Waals surface area contributed by atoms with Gasteiger partial charge in [-0.2, -0.15) is 5.06 Å². The van der Waals surface area contributed by atoms with Gasteiger partial charge in [-0.15, -0.1) is 0 Å². The normalized spacial score (nSPS) is 31.5. The molecule has 0 unspecified atom stereocenters. The van der Waals surface area contributed by atoms with Crippen LogP contribution in [-0.4, -0.2) is 38.5 Å². The van der Waals surface area contributed by atoms with Crippen LogP contribution in [0.4, 0.5) is 0 Å². The molecular formula is C5H11NO2. The van der Waals surface area contributed by atoms with Gasteiger partial charge in [-0.05, 0) is 0 Å². The van der Waals surface area contributed by atoms with Crippen molar-refractivity contribution in [2.75, 3.05) is 27.3 Å². The van der Waals surface area contributed by atoms with Gasteiger partial charge in [-0.1, -0.05) is 0 Å². The van der Waals surface area contributed by atoms with Gasteiger partial charge in [-0.3, -0.25) is 4.84 Å². The lowest BCUT2D eigenvalue weighted by Gasteiger charge is -2.03. The van der Waals surface area contributed by atoms with E-state index in [9.17, 15) is 0 Å². The highest BCUT2D eigenvalue weighted by Gasteiger charge is 2.18. The third-order valence-corrected chi connectivity index (χ3v) is 1.27. The smallest absolute Gasteiger partial charge is 0.0974 e. The Balaban J connectivity index is 2.22. The Morgan fingerprint density at radius 2 is 2.50 bits per heavy atom. The second kappa shape index (κ2) is 2.44. The lowest BCUT2D eigenvalue weighted by molar-refractivity contribution is -0.0882. The molecular weight excluding hydrogens is 106 g/mol. The van der Waals surface area contributed by atoms with Crippen LogP contribution in [0.25, 0.3) is 0 Å². The van der Waals surface area contributed by atoms with Crippen LogP contribution < -0.4 is 0 Å². The van der Waals surface area contributed by atoms with Crippen LogP contribution in [0.2, 0.25) is 0 Å². The van der Waals surface area contributed by atoms with Gasteiger partial charge in [0.1, 0.15) is 0 Å². The summed E-state index contributed by atoms with van der Waals surface area (Å²) in [6, 6.07) is 0. The SMILES string of the molecule is CO[C@H]1CON(C)C1. The molecule has 0 bridgehead atoms. The molecule has 0 aliphatic carbocycles. The molecule has 1 heterocycles. The average Bonchev–Trinajstić information content (AvgIpc) is 2.14. The minimum atomic E-state index is 0.278. The summed E-state index contributed by atoms with van der Waals surface area (Å²) in [6.07, 6.45) is 0.278. The quantitative estimate of drug-likeness (QED) is 0.478. The molecule has 0 saturated carbocycles. The van der Waals surface area contributed by atoms with Crippen LogP contribution in [0.3, 0.4) is 0 Å². The Hall–Kier alpha value is -0.120.